The van der Waals surface area contributed by atoms with Crippen molar-refractivity contribution < 1.29 is 5.11 Å². The maximum atomic E-state index is 9.29. The zero-order valence-corrected chi connectivity index (χ0v) is 7.52. The van der Waals surface area contributed by atoms with Gasteiger partial charge in [-0.05, 0) is 18.9 Å². The highest BCUT2D eigenvalue weighted by Gasteiger charge is 2.14. The SMILES string of the molecule is C=CC(O)N1CCCCC1.Cl. The lowest BCUT2D eigenvalue weighted by Crippen LogP contribution is -2.37. The van der Waals surface area contributed by atoms with Crippen LogP contribution in [0.15, 0.2) is 12.7 Å². The van der Waals surface area contributed by atoms with Crippen LogP contribution in [0, 0.1) is 0 Å². The molecule has 1 unspecified atom stereocenters. The maximum Gasteiger partial charge on any atom is 0.126 e. The van der Waals surface area contributed by atoms with E-state index in [4.69, 9.17) is 0 Å². The van der Waals surface area contributed by atoms with Gasteiger partial charge in [-0.1, -0.05) is 13.0 Å². The summed E-state index contributed by atoms with van der Waals surface area (Å²) in [7, 11) is 0. The van der Waals surface area contributed by atoms with Crippen molar-refractivity contribution in [1.29, 1.82) is 0 Å². The molecule has 0 amide bonds. The minimum Gasteiger partial charge on any atom is -0.375 e. The molecule has 0 aromatic heterocycles. The third-order valence-electron chi connectivity index (χ3n) is 1.98. The summed E-state index contributed by atoms with van der Waals surface area (Å²) in [6.07, 6.45) is 4.90. The van der Waals surface area contributed by atoms with Crippen molar-refractivity contribution in [3.63, 3.8) is 0 Å². The van der Waals surface area contributed by atoms with Gasteiger partial charge in [-0.15, -0.1) is 12.4 Å². The summed E-state index contributed by atoms with van der Waals surface area (Å²) in [5.74, 6) is 0. The van der Waals surface area contributed by atoms with Crippen LogP contribution in [0.2, 0.25) is 0 Å². The first-order valence-electron chi connectivity index (χ1n) is 3.89. The third-order valence-corrected chi connectivity index (χ3v) is 1.98. The number of rotatable bonds is 2. The number of hydrogen-bond donors (Lipinski definition) is 1. The van der Waals surface area contributed by atoms with Crippen molar-refractivity contribution >= 4 is 12.4 Å². The summed E-state index contributed by atoms with van der Waals surface area (Å²) in [6.45, 7) is 5.59. The van der Waals surface area contributed by atoms with E-state index in [1.807, 2.05) is 0 Å². The molecule has 1 N–H and O–H groups in total. The molecule has 1 saturated heterocycles. The molecule has 0 aromatic carbocycles. The van der Waals surface area contributed by atoms with Crippen molar-refractivity contribution in [1.82, 2.24) is 4.90 Å². The minimum absolute atomic E-state index is 0. The van der Waals surface area contributed by atoms with Gasteiger partial charge in [-0.25, -0.2) is 0 Å². The highest BCUT2D eigenvalue weighted by atomic mass is 35.5. The van der Waals surface area contributed by atoms with Gasteiger partial charge in [0.1, 0.15) is 6.23 Å². The standard InChI is InChI=1S/C8H15NO.ClH/c1-2-8(10)9-6-4-3-5-7-9;/h2,8,10H,1,3-7H2;1H. The first-order valence-corrected chi connectivity index (χ1v) is 3.89. The molecule has 3 heteroatoms. The average molecular weight is 178 g/mol. The number of halogens is 1. The smallest absolute Gasteiger partial charge is 0.126 e. The van der Waals surface area contributed by atoms with E-state index in [1.54, 1.807) is 6.08 Å². The molecule has 2 nitrogen and oxygen atoms in total. The monoisotopic (exact) mass is 177 g/mol. The normalized spacial score (nSPS) is 21.9. The molecule has 0 radical (unpaired) electrons. The van der Waals surface area contributed by atoms with Gasteiger partial charge < -0.3 is 5.11 Å². The number of nitrogens with zero attached hydrogens (tertiary/aromatic N) is 1. The summed E-state index contributed by atoms with van der Waals surface area (Å²) in [4.78, 5) is 2.05. The van der Waals surface area contributed by atoms with Gasteiger partial charge in [0.05, 0.1) is 0 Å². The van der Waals surface area contributed by atoms with Crippen LogP contribution < -0.4 is 0 Å². The van der Waals surface area contributed by atoms with Crippen LogP contribution in [0.4, 0.5) is 0 Å². The van der Waals surface area contributed by atoms with Crippen LogP contribution in [0.25, 0.3) is 0 Å². The molecule has 1 rings (SSSR count). The Morgan fingerprint density at radius 2 is 1.82 bits per heavy atom. The second-order valence-corrected chi connectivity index (χ2v) is 2.75. The molecular formula is C8H16ClNO. The van der Waals surface area contributed by atoms with Gasteiger partial charge in [0.15, 0.2) is 0 Å². The minimum atomic E-state index is -0.416. The summed E-state index contributed by atoms with van der Waals surface area (Å²) in [6, 6.07) is 0. The average Bonchev–Trinajstić information content (AvgIpc) is 2.05. The molecule has 1 aliphatic rings. The van der Waals surface area contributed by atoms with Gasteiger partial charge in [0.25, 0.3) is 0 Å². The highest BCUT2D eigenvalue weighted by molar-refractivity contribution is 5.85. The fraction of sp³-hybridized carbons (Fsp3) is 0.750. The second-order valence-electron chi connectivity index (χ2n) is 2.75. The van der Waals surface area contributed by atoms with Crippen LogP contribution in [-0.4, -0.2) is 29.3 Å². The summed E-state index contributed by atoms with van der Waals surface area (Å²) >= 11 is 0. The topological polar surface area (TPSA) is 23.5 Å². The van der Waals surface area contributed by atoms with Gasteiger partial charge in [0, 0.05) is 13.1 Å². The zero-order chi connectivity index (χ0) is 7.40. The first kappa shape index (κ1) is 11.0. The summed E-state index contributed by atoms with van der Waals surface area (Å²) in [5, 5.41) is 9.29. The van der Waals surface area contributed by atoms with E-state index in [9.17, 15) is 5.11 Å². The molecule has 1 atom stereocenters. The molecule has 0 aliphatic carbocycles. The van der Waals surface area contributed by atoms with Crippen LogP contribution >= 0.6 is 12.4 Å². The lowest BCUT2D eigenvalue weighted by molar-refractivity contribution is 0.0285. The fourth-order valence-corrected chi connectivity index (χ4v) is 1.33. The second kappa shape index (κ2) is 5.58. The zero-order valence-electron chi connectivity index (χ0n) is 6.70. The lowest BCUT2D eigenvalue weighted by atomic mass is 10.1. The van der Waals surface area contributed by atoms with Gasteiger partial charge in [-0.2, -0.15) is 0 Å². The molecular weight excluding hydrogens is 162 g/mol. The Morgan fingerprint density at radius 1 is 1.27 bits per heavy atom. The van der Waals surface area contributed by atoms with E-state index in [1.165, 1.54) is 19.3 Å². The largest absolute Gasteiger partial charge is 0.375 e. The van der Waals surface area contributed by atoms with E-state index >= 15 is 0 Å². The highest BCUT2D eigenvalue weighted by Crippen LogP contribution is 2.10. The number of hydrogen-bond acceptors (Lipinski definition) is 2. The van der Waals surface area contributed by atoms with Gasteiger partial charge in [-0.3, -0.25) is 4.90 Å². The van der Waals surface area contributed by atoms with Crippen LogP contribution in [0.5, 0.6) is 0 Å². The molecule has 1 heterocycles. The predicted octanol–water partition coefficient (Wildman–Crippen LogP) is 1.40. The Hall–Kier alpha value is -0.0500. The number of aliphatic hydroxyl groups excluding tert-OH is 1. The van der Waals surface area contributed by atoms with E-state index in [2.05, 4.69) is 11.5 Å². The van der Waals surface area contributed by atoms with Crippen LogP contribution in [0.1, 0.15) is 19.3 Å². The Kier molecular flexibility index (Phi) is 5.56. The van der Waals surface area contributed by atoms with Crippen LogP contribution in [0.3, 0.4) is 0 Å². The number of likely N-dealkylation sites (tertiary alicyclic amines) is 1. The molecule has 0 saturated carbocycles. The maximum absolute atomic E-state index is 9.29. The molecule has 66 valence electrons. The lowest BCUT2D eigenvalue weighted by Gasteiger charge is -2.29. The molecule has 11 heavy (non-hydrogen) atoms. The van der Waals surface area contributed by atoms with Gasteiger partial charge >= 0.3 is 0 Å². The van der Waals surface area contributed by atoms with Crippen molar-refractivity contribution in [3.05, 3.63) is 12.7 Å². The van der Waals surface area contributed by atoms with E-state index in [0.29, 0.717) is 0 Å². The molecule has 0 bridgehead atoms. The fourth-order valence-electron chi connectivity index (χ4n) is 1.33. The Labute approximate surface area is 74.3 Å². The summed E-state index contributed by atoms with van der Waals surface area (Å²) < 4.78 is 0. The number of aliphatic hydroxyl groups is 1. The Morgan fingerprint density at radius 3 is 2.27 bits per heavy atom. The van der Waals surface area contributed by atoms with Crippen LogP contribution in [-0.2, 0) is 0 Å². The molecule has 1 fully saturated rings. The Balaban J connectivity index is 0.000001000. The third kappa shape index (κ3) is 3.23. The molecule has 0 aromatic rings. The van der Waals surface area contributed by atoms with E-state index in [-0.39, 0.29) is 12.4 Å². The summed E-state index contributed by atoms with van der Waals surface area (Å²) in [5.41, 5.74) is 0. The Bertz CT molecular complexity index is 113. The molecule has 1 aliphatic heterocycles. The van der Waals surface area contributed by atoms with Crippen molar-refractivity contribution in [2.75, 3.05) is 13.1 Å². The molecule has 0 spiro atoms. The predicted molar refractivity (Wildman–Crippen MR) is 48.9 cm³/mol. The van der Waals surface area contributed by atoms with E-state index in [0.717, 1.165) is 13.1 Å². The van der Waals surface area contributed by atoms with Crippen molar-refractivity contribution in [2.24, 2.45) is 0 Å². The number of piperidine rings is 1. The van der Waals surface area contributed by atoms with E-state index < -0.39 is 6.23 Å². The quantitative estimate of drug-likeness (QED) is 0.645. The van der Waals surface area contributed by atoms with Crippen molar-refractivity contribution in [3.8, 4) is 0 Å². The first-order chi connectivity index (χ1) is 4.84. The van der Waals surface area contributed by atoms with Crippen molar-refractivity contribution in [2.45, 2.75) is 25.5 Å². The van der Waals surface area contributed by atoms with Gasteiger partial charge in [0.2, 0.25) is 0 Å².